The number of nitrogens with zero attached hydrogens (tertiary/aromatic N) is 1. The zero-order valence-electron chi connectivity index (χ0n) is 12.5. The van der Waals surface area contributed by atoms with Crippen LogP contribution in [0.2, 0.25) is 0 Å². The Kier molecular flexibility index (Phi) is 5.69. The van der Waals surface area contributed by atoms with Crippen LogP contribution in [0.1, 0.15) is 18.1 Å². The fraction of sp³-hybridized carbons (Fsp3) is 0.600. The second kappa shape index (κ2) is 7.29. The summed E-state index contributed by atoms with van der Waals surface area (Å²) >= 11 is 3.75. The van der Waals surface area contributed by atoms with Gasteiger partial charge in [-0.2, -0.15) is 0 Å². The molecule has 0 spiro atoms. The molecule has 1 N–H and O–H groups in total. The van der Waals surface area contributed by atoms with Gasteiger partial charge in [-0.3, -0.25) is 4.90 Å². The summed E-state index contributed by atoms with van der Waals surface area (Å²) in [5.74, 6) is 1.66. The van der Waals surface area contributed by atoms with Crippen LogP contribution in [0.4, 0.5) is 0 Å². The predicted molar refractivity (Wildman–Crippen MR) is 84.8 cm³/mol. The molecule has 0 unspecified atom stereocenters. The average Bonchev–Trinajstić information content (AvgIpc) is 2.50. The molecule has 112 valence electrons. The third kappa shape index (κ3) is 3.27. The number of benzene rings is 1. The highest BCUT2D eigenvalue weighted by atomic mass is 79.9. The van der Waals surface area contributed by atoms with Crippen molar-refractivity contribution in [1.29, 1.82) is 0 Å². The smallest absolute Gasteiger partial charge is 0.166 e. The van der Waals surface area contributed by atoms with Crippen molar-refractivity contribution < 1.29 is 9.47 Å². The second-order valence-corrected chi connectivity index (χ2v) is 5.74. The number of halogens is 1. The predicted octanol–water partition coefficient (Wildman–Crippen LogP) is 2.43. The highest BCUT2D eigenvalue weighted by molar-refractivity contribution is 9.10. The van der Waals surface area contributed by atoms with Crippen molar-refractivity contribution in [3.63, 3.8) is 0 Å². The van der Waals surface area contributed by atoms with Crippen LogP contribution >= 0.6 is 15.9 Å². The number of nitrogens with one attached hydrogen (secondary N) is 1. The normalized spacial score (nSPS) is 16.2. The molecule has 0 atom stereocenters. The third-order valence-electron chi connectivity index (χ3n) is 3.75. The number of methoxy groups -OCH3 is 2. The van der Waals surface area contributed by atoms with Gasteiger partial charge in [0.15, 0.2) is 11.5 Å². The lowest BCUT2D eigenvalue weighted by atomic mass is 10.1. The Balaban J connectivity index is 2.36. The fourth-order valence-corrected chi connectivity index (χ4v) is 3.30. The van der Waals surface area contributed by atoms with Crippen LogP contribution in [-0.4, -0.2) is 45.3 Å². The summed E-state index contributed by atoms with van der Waals surface area (Å²) in [6.07, 6.45) is 0.968. The van der Waals surface area contributed by atoms with Crippen LogP contribution in [0.3, 0.4) is 0 Å². The van der Waals surface area contributed by atoms with E-state index in [-0.39, 0.29) is 0 Å². The minimum Gasteiger partial charge on any atom is -0.493 e. The molecule has 1 aliphatic rings. The van der Waals surface area contributed by atoms with E-state index in [0.717, 1.165) is 55.1 Å². The van der Waals surface area contributed by atoms with Crippen LogP contribution in [0.5, 0.6) is 11.5 Å². The lowest BCUT2D eigenvalue weighted by molar-refractivity contribution is 0.228. The Morgan fingerprint density at radius 2 is 1.95 bits per heavy atom. The van der Waals surface area contributed by atoms with Gasteiger partial charge in [0, 0.05) is 42.8 Å². The fourth-order valence-electron chi connectivity index (χ4n) is 2.60. The van der Waals surface area contributed by atoms with E-state index < -0.39 is 0 Å². The largest absolute Gasteiger partial charge is 0.493 e. The number of aryl methyl sites for hydroxylation is 1. The highest BCUT2D eigenvalue weighted by Gasteiger charge is 2.20. The number of piperazine rings is 1. The van der Waals surface area contributed by atoms with E-state index in [9.17, 15) is 0 Å². The zero-order chi connectivity index (χ0) is 14.5. The Morgan fingerprint density at radius 1 is 1.25 bits per heavy atom. The first-order valence-electron chi connectivity index (χ1n) is 7.06. The Hall–Kier alpha value is -0.780. The molecule has 0 radical (unpaired) electrons. The van der Waals surface area contributed by atoms with Gasteiger partial charge < -0.3 is 14.8 Å². The van der Waals surface area contributed by atoms with Crippen LogP contribution in [0.15, 0.2) is 10.5 Å². The second-order valence-electron chi connectivity index (χ2n) is 4.94. The first-order chi connectivity index (χ1) is 9.71. The van der Waals surface area contributed by atoms with E-state index in [1.807, 2.05) is 0 Å². The Bertz CT molecular complexity index is 460. The molecule has 2 rings (SSSR count). The van der Waals surface area contributed by atoms with E-state index in [0.29, 0.717) is 0 Å². The maximum Gasteiger partial charge on any atom is 0.166 e. The molecule has 1 saturated heterocycles. The number of hydrogen-bond donors (Lipinski definition) is 1. The summed E-state index contributed by atoms with van der Waals surface area (Å²) in [6.45, 7) is 7.26. The molecule has 5 heteroatoms. The van der Waals surface area contributed by atoms with E-state index in [4.69, 9.17) is 9.47 Å². The molecule has 1 aliphatic heterocycles. The van der Waals surface area contributed by atoms with Gasteiger partial charge in [-0.05, 0) is 18.1 Å². The minimum atomic E-state index is 0.817. The van der Waals surface area contributed by atoms with Gasteiger partial charge in [0.2, 0.25) is 0 Å². The molecule has 20 heavy (non-hydrogen) atoms. The van der Waals surface area contributed by atoms with Gasteiger partial charge in [-0.1, -0.05) is 22.9 Å². The van der Waals surface area contributed by atoms with E-state index in [2.05, 4.69) is 39.1 Å². The first kappa shape index (κ1) is 15.6. The standard InChI is InChI=1S/C15H23BrN2O2/c1-4-11-9-13(19-2)15(20-3)12(14(11)16)10-18-7-5-17-6-8-18/h9,17H,4-8,10H2,1-3H3. The molecule has 1 heterocycles. The number of ether oxygens (including phenoxy) is 2. The van der Waals surface area contributed by atoms with Gasteiger partial charge in [0.05, 0.1) is 14.2 Å². The quantitative estimate of drug-likeness (QED) is 0.890. The van der Waals surface area contributed by atoms with Crippen LogP contribution in [-0.2, 0) is 13.0 Å². The summed E-state index contributed by atoms with van der Waals surface area (Å²) in [7, 11) is 3.40. The van der Waals surface area contributed by atoms with Crippen LogP contribution in [0, 0.1) is 0 Å². The van der Waals surface area contributed by atoms with Crippen molar-refractivity contribution in [3.05, 3.63) is 21.7 Å². The van der Waals surface area contributed by atoms with Gasteiger partial charge in [0.25, 0.3) is 0 Å². The highest BCUT2D eigenvalue weighted by Crippen LogP contribution is 2.39. The first-order valence-corrected chi connectivity index (χ1v) is 7.85. The SMILES string of the molecule is CCc1cc(OC)c(OC)c(CN2CCNCC2)c1Br. The summed E-state index contributed by atoms with van der Waals surface area (Å²) in [5.41, 5.74) is 2.44. The molecular weight excluding hydrogens is 320 g/mol. The number of hydrogen-bond acceptors (Lipinski definition) is 4. The average molecular weight is 343 g/mol. The maximum atomic E-state index is 5.59. The van der Waals surface area contributed by atoms with Gasteiger partial charge in [-0.15, -0.1) is 0 Å². The van der Waals surface area contributed by atoms with Crippen LogP contribution < -0.4 is 14.8 Å². The van der Waals surface area contributed by atoms with Gasteiger partial charge in [0.1, 0.15) is 0 Å². The number of rotatable bonds is 5. The summed E-state index contributed by atoms with van der Waals surface area (Å²) in [4.78, 5) is 2.44. The molecule has 4 nitrogen and oxygen atoms in total. The summed E-state index contributed by atoms with van der Waals surface area (Å²) in [6, 6.07) is 2.06. The monoisotopic (exact) mass is 342 g/mol. The third-order valence-corrected chi connectivity index (χ3v) is 4.73. The molecule has 1 fully saturated rings. The molecule has 0 saturated carbocycles. The van der Waals surface area contributed by atoms with Crippen molar-refractivity contribution in [3.8, 4) is 11.5 Å². The van der Waals surface area contributed by atoms with Crippen molar-refractivity contribution in [2.75, 3.05) is 40.4 Å². The van der Waals surface area contributed by atoms with Crippen molar-refractivity contribution in [2.45, 2.75) is 19.9 Å². The molecule has 0 aliphatic carbocycles. The molecule has 0 bridgehead atoms. The summed E-state index contributed by atoms with van der Waals surface area (Å²) in [5, 5.41) is 3.38. The van der Waals surface area contributed by atoms with Gasteiger partial charge in [-0.25, -0.2) is 0 Å². The van der Waals surface area contributed by atoms with Crippen molar-refractivity contribution in [2.24, 2.45) is 0 Å². The Morgan fingerprint density at radius 3 is 2.50 bits per heavy atom. The van der Waals surface area contributed by atoms with E-state index in [1.54, 1.807) is 14.2 Å². The van der Waals surface area contributed by atoms with Gasteiger partial charge >= 0.3 is 0 Å². The topological polar surface area (TPSA) is 33.7 Å². The molecule has 1 aromatic rings. The molecule has 0 amide bonds. The lowest BCUT2D eigenvalue weighted by Crippen LogP contribution is -2.43. The maximum absolute atomic E-state index is 5.59. The van der Waals surface area contributed by atoms with Crippen LogP contribution in [0.25, 0.3) is 0 Å². The zero-order valence-corrected chi connectivity index (χ0v) is 14.0. The molecule has 1 aromatic carbocycles. The van der Waals surface area contributed by atoms with Crippen molar-refractivity contribution >= 4 is 15.9 Å². The minimum absolute atomic E-state index is 0.817. The van der Waals surface area contributed by atoms with E-state index in [1.165, 1.54) is 11.1 Å². The lowest BCUT2D eigenvalue weighted by Gasteiger charge is -2.29. The van der Waals surface area contributed by atoms with Crippen molar-refractivity contribution in [1.82, 2.24) is 10.2 Å². The summed E-state index contributed by atoms with van der Waals surface area (Å²) < 4.78 is 12.2. The van der Waals surface area contributed by atoms with E-state index >= 15 is 0 Å². The Labute approximate surface area is 129 Å². The molecular formula is C15H23BrN2O2. The molecule has 0 aromatic heterocycles.